The molecule has 1 aromatic carbocycles. The number of tetrazole rings is 1. The van der Waals surface area contributed by atoms with Crippen molar-refractivity contribution in [3.63, 3.8) is 0 Å². The molecule has 0 spiro atoms. The predicted octanol–water partition coefficient (Wildman–Crippen LogP) is 3.32. The van der Waals surface area contributed by atoms with E-state index in [0.29, 0.717) is 0 Å². The molecular weight excluding hydrogens is 370 g/mol. The summed E-state index contributed by atoms with van der Waals surface area (Å²) >= 11 is 0. The largest absolute Gasteiger partial charge is 0.494 e. The maximum absolute atomic E-state index is 12.0. The van der Waals surface area contributed by atoms with Crippen LogP contribution in [0.15, 0.2) is 30.6 Å². The monoisotopic (exact) mass is 399 g/mol. The van der Waals surface area contributed by atoms with Crippen molar-refractivity contribution in [2.75, 3.05) is 19.7 Å². The topological polar surface area (TPSA) is 82.4 Å². The van der Waals surface area contributed by atoms with Gasteiger partial charge in [0.05, 0.1) is 18.4 Å². The number of piperidine rings is 1. The second-order valence-electron chi connectivity index (χ2n) is 8.30. The highest BCUT2D eigenvalue weighted by molar-refractivity contribution is 5.67. The van der Waals surface area contributed by atoms with E-state index >= 15 is 0 Å². The number of likely N-dealkylation sites (tertiary alicyclic amines) is 1. The van der Waals surface area contributed by atoms with Crippen LogP contribution >= 0.6 is 0 Å². The minimum Gasteiger partial charge on any atom is -0.494 e. The van der Waals surface area contributed by atoms with Gasteiger partial charge in [0.2, 0.25) is 0 Å². The Labute approximate surface area is 171 Å². The smallest absolute Gasteiger partial charge is 0.410 e. The van der Waals surface area contributed by atoms with Gasteiger partial charge in [-0.05, 0) is 92.0 Å². The van der Waals surface area contributed by atoms with Crippen LogP contribution in [0.2, 0.25) is 0 Å². The van der Waals surface area contributed by atoms with Crippen molar-refractivity contribution in [2.24, 2.45) is 17.8 Å². The summed E-state index contributed by atoms with van der Waals surface area (Å²) in [6, 6.07) is 7.80. The van der Waals surface area contributed by atoms with Crippen molar-refractivity contribution in [1.82, 2.24) is 25.1 Å². The van der Waals surface area contributed by atoms with Crippen LogP contribution in [0, 0.1) is 17.8 Å². The molecule has 0 radical (unpaired) electrons. The lowest BCUT2D eigenvalue weighted by Crippen LogP contribution is -2.40. The van der Waals surface area contributed by atoms with Gasteiger partial charge in [-0.25, -0.2) is 9.48 Å². The summed E-state index contributed by atoms with van der Waals surface area (Å²) in [5, 5.41) is 11.2. The maximum atomic E-state index is 12.0. The van der Waals surface area contributed by atoms with Crippen molar-refractivity contribution in [3.8, 4) is 11.4 Å². The zero-order valence-electron chi connectivity index (χ0n) is 17.1. The number of benzene rings is 1. The Morgan fingerprint density at radius 3 is 2.62 bits per heavy atom. The van der Waals surface area contributed by atoms with E-state index < -0.39 is 0 Å². The Balaban J connectivity index is 1.15. The van der Waals surface area contributed by atoms with Crippen LogP contribution in [-0.2, 0) is 4.74 Å². The van der Waals surface area contributed by atoms with Crippen molar-refractivity contribution >= 4 is 6.09 Å². The molecule has 2 aromatic rings. The predicted molar refractivity (Wildman–Crippen MR) is 107 cm³/mol. The summed E-state index contributed by atoms with van der Waals surface area (Å²) in [5.41, 5.74) is 0.910. The van der Waals surface area contributed by atoms with Gasteiger partial charge in [0.1, 0.15) is 12.1 Å². The Kier molecular flexibility index (Phi) is 5.97. The molecule has 1 aromatic heterocycles. The van der Waals surface area contributed by atoms with Crippen LogP contribution < -0.4 is 4.74 Å². The molecule has 2 fully saturated rings. The van der Waals surface area contributed by atoms with Crippen LogP contribution in [0.1, 0.15) is 39.5 Å². The fourth-order valence-corrected chi connectivity index (χ4v) is 4.27. The molecule has 0 N–H and O–H groups in total. The fraction of sp³-hybridized carbons (Fsp3) is 0.619. The molecule has 1 saturated heterocycles. The van der Waals surface area contributed by atoms with E-state index in [1.54, 1.807) is 11.0 Å². The summed E-state index contributed by atoms with van der Waals surface area (Å²) in [7, 11) is 0. The number of aromatic nitrogens is 4. The first-order chi connectivity index (χ1) is 14.1. The van der Waals surface area contributed by atoms with E-state index in [-0.39, 0.29) is 12.2 Å². The van der Waals surface area contributed by atoms with Gasteiger partial charge in [0.25, 0.3) is 0 Å². The van der Waals surface area contributed by atoms with Gasteiger partial charge in [-0.2, -0.15) is 0 Å². The molecule has 29 heavy (non-hydrogen) atoms. The molecule has 0 bridgehead atoms. The van der Waals surface area contributed by atoms with Gasteiger partial charge in [-0.15, -0.1) is 5.10 Å². The number of hydrogen-bond acceptors (Lipinski definition) is 6. The van der Waals surface area contributed by atoms with Gasteiger partial charge in [-0.1, -0.05) is 0 Å². The number of carbonyl (C=O) groups is 1. The summed E-state index contributed by atoms with van der Waals surface area (Å²) < 4.78 is 12.8. The van der Waals surface area contributed by atoms with Gasteiger partial charge in [0, 0.05) is 13.1 Å². The number of amides is 1. The number of hydrogen-bond donors (Lipinski definition) is 0. The maximum Gasteiger partial charge on any atom is 0.410 e. The first-order valence-corrected chi connectivity index (χ1v) is 10.5. The molecule has 156 valence electrons. The molecule has 2 unspecified atom stereocenters. The van der Waals surface area contributed by atoms with E-state index in [0.717, 1.165) is 68.1 Å². The third-order valence-electron chi connectivity index (χ3n) is 5.92. The Hall–Kier alpha value is -2.64. The third-order valence-corrected chi connectivity index (χ3v) is 5.92. The lowest BCUT2D eigenvalue weighted by atomic mass is 9.91. The van der Waals surface area contributed by atoms with E-state index in [4.69, 9.17) is 9.47 Å². The summed E-state index contributed by atoms with van der Waals surface area (Å²) in [6.07, 6.45) is 5.93. The summed E-state index contributed by atoms with van der Waals surface area (Å²) in [6.45, 7) is 6.17. The average Bonchev–Trinajstić information content (AvgIpc) is 3.28. The lowest BCUT2D eigenvalue weighted by Gasteiger charge is -2.32. The number of ether oxygens (including phenoxy) is 2. The zero-order chi connectivity index (χ0) is 20.2. The van der Waals surface area contributed by atoms with Crippen molar-refractivity contribution in [1.29, 1.82) is 0 Å². The number of carbonyl (C=O) groups excluding carboxylic acids is 1. The highest BCUT2D eigenvalue weighted by atomic mass is 16.6. The molecule has 2 heterocycles. The van der Waals surface area contributed by atoms with E-state index in [1.807, 2.05) is 43.0 Å². The van der Waals surface area contributed by atoms with E-state index in [2.05, 4.69) is 15.5 Å². The summed E-state index contributed by atoms with van der Waals surface area (Å²) in [4.78, 5) is 13.9. The van der Waals surface area contributed by atoms with Crippen molar-refractivity contribution in [3.05, 3.63) is 30.6 Å². The van der Waals surface area contributed by atoms with Crippen molar-refractivity contribution in [2.45, 2.75) is 45.6 Å². The van der Waals surface area contributed by atoms with Gasteiger partial charge in [-0.3, -0.25) is 0 Å². The zero-order valence-corrected chi connectivity index (χ0v) is 17.1. The Morgan fingerprint density at radius 2 is 1.97 bits per heavy atom. The highest BCUT2D eigenvalue weighted by Crippen LogP contribution is 2.49. The van der Waals surface area contributed by atoms with E-state index in [9.17, 15) is 4.79 Å². The Morgan fingerprint density at radius 1 is 1.21 bits per heavy atom. The van der Waals surface area contributed by atoms with Gasteiger partial charge >= 0.3 is 6.09 Å². The van der Waals surface area contributed by atoms with Crippen molar-refractivity contribution < 1.29 is 14.3 Å². The second kappa shape index (κ2) is 8.80. The van der Waals surface area contributed by atoms with Crippen LogP contribution in [0.5, 0.6) is 5.75 Å². The summed E-state index contributed by atoms with van der Waals surface area (Å²) in [5.74, 6) is 3.16. The minimum atomic E-state index is -0.162. The minimum absolute atomic E-state index is 0.0520. The quantitative estimate of drug-likeness (QED) is 0.710. The molecule has 4 rings (SSSR count). The van der Waals surface area contributed by atoms with Crippen LogP contribution in [0.3, 0.4) is 0 Å². The van der Waals surface area contributed by atoms with Gasteiger partial charge < -0.3 is 14.4 Å². The second-order valence-corrected chi connectivity index (χ2v) is 8.30. The number of rotatable bonds is 7. The first-order valence-electron chi connectivity index (χ1n) is 10.5. The fourth-order valence-electron chi connectivity index (χ4n) is 4.27. The molecule has 2 atom stereocenters. The van der Waals surface area contributed by atoms with E-state index in [1.165, 1.54) is 6.42 Å². The van der Waals surface area contributed by atoms with Crippen LogP contribution in [-0.4, -0.2) is 57.0 Å². The third kappa shape index (κ3) is 5.05. The normalized spacial score (nSPS) is 22.0. The number of nitrogens with zero attached hydrogens (tertiary/aromatic N) is 5. The van der Waals surface area contributed by atoms with Crippen LogP contribution in [0.4, 0.5) is 4.79 Å². The molecule has 8 heteroatoms. The first kappa shape index (κ1) is 19.7. The van der Waals surface area contributed by atoms with Crippen LogP contribution in [0.25, 0.3) is 5.69 Å². The molecule has 2 aliphatic rings. The Bertz CT molecular complexity index is 785. The highest BCUT2D eigenvalue weighted by Gasteiger charge is 2.43. The molecule has 1 aliphatic carbocycles. The molecule has 1 amide bonds. The molecule has 1 aliphatic heterocycles. The SMILES string of the molecule is CC(C)OC(=O)N1CCC(C2CC2CCOc2ccc(-n3cnnn3)cc2)CC1. The molecule has 1 saturated carbocycles. The standard InChI is InChI=1S/C21H29N5O3/c1-15(2)29-21(27)25-10-7-16(8-11-25)20-13-17(20)9-12-28-19-5-3-18(4-6-19)26-14-22-23-24-26/h3-6,14-17,20H,7-13H2,1-2H3. The van der Waals surface area contributed by atoms with Gasteiger partial charge in [0.15, 0.2) is 0 Å². The lowest BCUT2D eigenvalue weighted by molar-refractivity contribution is 0.0633. The molecule has 8 nitrogen and oxygen atoms in total. The molecular formula is C21H29N5O3. The average molecular weight is 399 g/mol.